The zero-order valence-corrected chi connectivity index (χ0v) is 15.6. The lowest BCUT2D eigenvalue weighted by atomic mass is 9.91. The Hall–Kier alpha value is -2.58. The molecule has 4 amide bonds. The summed E-state index contributed by atoms with van der Waals surface area (Å²) in [5.41, 5.74) is 7.45. The van der Waals surface area contributed by atoms with Crippen LogP contribution in [-0.4, -0.2) is 46.7 Å². The van der Waals surface area contributed by atoms with E-state index in [1.54, 1.807) is 12.1 Å². The van der Waals surface area contributed by atoms with E-state index in [1.165, 1.54) is 0 Å². The average Bonchev–Trinajstić information content (AvgIpc) is 2.92. The number of nitrogens with two attached hydrogens (primary N) is 1. The highest BCUT2D eigenvalue weighted by atomic mass is 16.2. The first-order valence-corrected chi connectivity index (χ1v) is 9.78. The summed E-state index contributed by atoms with van der Waals surface area (Å²) in [4.78, 5) is 50.5. The number of fused-ring (bicyclic) bond motifs is 1. The molecule has 1 aromatic rings. The molecule has 1 aliphatic carbocycles. The molecule has 1 aromatic carbocycles. The summed E-state index contributed by atoms with van der Waals surface area (Å²) in [7, 11) is 0. The second-order valence-electron chi connectivity index (χ2n) is 7.79. The SMILES string of the molecule is N[C@@H]1CCC[C@@H](NCc2cccc3c2C(=O)N(C2CCC(=O)NC2=O)C3=O)C1. The number of nitrogens with one attached hydrogen (secondary N) is 2. The normalized spacial score (nSPS) is 27.8. The van der Waals surface area contributed by atoms with Crippen LogP contribution in [0.5, 0.6) is 0 Å². The summed E-state index contributed by atoms with van der Waals surface area (Å²) in [5, 5.41) is 5.67. The molecule has 2 heterocycles. The van der Waals surface area contributed by atoms with Gasteiger partial charge < -0.3 is 11.1 Å². The fourth-order valence-electron chi connectivity index (χ4n) is 4.40. The van der Waals surface area contributed by atoms with Crippen molar-refractivity contribution in [1.29, 1.82) is 0 Å². The van der Waals surface area contributed by atoms with Crippen molar-refractivity contribution < 1.29 is 19.2 Å². The van der Waals surface area contributed by atoms with Crippen molar-refractivity contribution in [2.24, 2.45) is 5.73 Å². The number of hydrogen-bond donors (Lipinski definition) is 3. The van der Waals surface area contributed by atoms with E-state index in [-0.39, 0.29) is 30.8 Å². The van der Waals surface area contributed by atoms with E-state index in [0.29, 0.717) is 17.7 Å². The topological polar surface area (TPSA) is 122 Å². The maximum absolute atomic E-state index is 13.0. The van der Waals surface area contributed by atoms with Gasteiger partial charge in [0.2, 0.25) is 11.8 Å². The molecule has 3 atom stereocenters. The molecule has 0 radical (unpaired) electrons. The Morgan fingerprint density at radius 1 is 1.11 bits per heavy atom. The molecule has 8 heteroatoms. The predicted octanol–water partition coefficient (Wildman–Crippen LogP) is 0.447. The van der Waals surface area contributed by atoms with Gasteiger partial charge in [0.15, 0.2) is 0 Å². The number of nitrogens with zero attached hydrogens (tertiary/aromatic N) is 1. The first-order valence-electron chi connectivity index (χ1n) is 9.78. The van der Waals surface area contributed by atoms with Crippen LogP contribution in [0.3, 0.4) is 0 Å². The van der Waals surface area contributed by atoms with Gasteiger partial charge in [0.05, 0.1) is 11.1 Å². The molecule has 0 bridgehead atoms. The molecule has 3 aliphatic rings. The summed E-state index contributed by atoms with van der Waals surface area (Å²) in [6, 6.07) is 4.73. The van der Waals surface area contributed by atoms with Crippen LogP contribution in [0.2, 0.25) is 0 Å². The monoisotopic (exact) mass is 384 g/mol. The summed E-state index contributed by atoms with van der Waals surface area (Å²) in [5.74, 6) is -1.92. The van der Waals surface area contributed by atoms with Gasteiger partial charge in [-0.3, -0.25) is 29.4 Å². The van der Waals surface area contributed by atoms with E-state index in [4.69, 9.17) is 5.73 Å². The number of rotatable bonds is 4. The van der Waals surface area contributed by atoms with Crippen LogP contribution >= 0.6 is 0 Å². The van der Waals surface area contributed by atoms with Gasteiger partial charge in [-0.05, 0) is 37.3 Å². The minimum atomic E-state index is -0.942. The maximum Gasteiger partial charge on any atom is 0.262 e. The molecule has 1 saturated heterocycles. The number of imide groups is 2. The van der Waals surface area contributed by atoms with Gasteiger partial charge in [-0.1, -0.05) is 18.6 Å². The molecule has 0 spiro atoms. The van der Waals surface area contributed by atoms with Crippen LogP contribution in [0.25, 0.3) is 0 Å². The lowest BCUT2D eigenvalue weighted by Crippen LogP contribution is -2.54. The molecule has 0 aromatic heterocycles. The molecule has 148 valence electrons. The summed E-state index contributed by atoms with van der Waals surface area (Å²) in [6.45, 7) is 0.461. The summed E-state index contributed by atoms with van der Waals surface area (Å²) >= 11 is 0. The number of amides is 4. The molecule has 2 aliphatic heterocycles. The average molecular weight is 384 g/mol. The molecule has 4 rings (SSSR count). The predicted molar refractivity (Wildman–Crippen MR) is 100 cm³/mol. The standard InChI is InChI=1S/C20H24N4O4/c21-12-4-2-5-13(9-12)22-10-11-3-1-6-14-17(11)20(28)24(19(14)27)15-7-8-16(25)23-18(15)26/h1,3,6,12-13,15,22H,2,4-5,7-10,21H2,(H,23,25,26)/t12-,13-,15?/m1/s1. The molecule has 1 saturated carbocycles. The van der Waals surface area contributed by atoms with Gasteiger partial charge in [-0.25, -0.2) is 0 Å². The van der Waals surface area contributed by atoms with E-state index in [9.17, 15) is 19.2 Å². The molecule has 2 fully saturated rings. The largest absolute Gasteiger partial charge is 0.328 e. The van der Waals surface area contributed by atoms with Gasteiger partial charge in [0, 0.05) is 25.0 Å². The lowest BCUT2D eigenvalue weighted by molar-refractivity contribution is -0.136. The minimum Gasteiger partial charge on any atom is -0.328 e. The van der Waals surface area contributed by atoms with Crippen LogP contribution in [0.15, 0.2) is 18.2 Å². The Morgan fingerprint density at radius 2 is 1.93 bits per heavy atom. The van der Waals surface area contributed by atoms with Crippen molar-refractivity contribution in [2.45, 2.75) is 63.2 Å². The quantitative estimate of drug-likeness (QED) is 0.648. The Balaban J connectivity index is 1.54. The van der Waals surface area contributed by atoms with Crippen molar-refractivity contribution in [3.05, 3.63) is 34.9 Å². The van der Waals surface area contributed by atoms with Crippen molar-refractivity contribution >= 4 is 23.6 Å². The number of carbonyl (C=O) groups is 4. The fraction of sp³-hybridized carbons (Fsp3) is 0.500. The molecule has 4 N–H and O–H groups in total. The highest BCUT2D eigenvalue weighted by Gasteiger charge is 2.45. The first-order chi connectivity index (χ1) is 13.5. The van der Waals surface area contributed by atoms with Crippen molar-refractivity contribution in [3.63, 3.8) is 0 Å². The zero-order chi connectivity index (χ0) is 19.8. The van der Waals surface area contributed by atoms with Crippen molar-refractivity contribution in [3.8, 4) is 0 Å². The second kappa shape index (κ2) is 7.44. The van der Waals surface area contributed by atoms with Gasteiger partial charge in [0.25, 0.3) is 11.8 Å². The molecule has 8 nitrogen and oxygen atoms in total. The third-order valence-electron chi connectivity index (χ3n) is 5.85. The maximum atomic E-state index is 13.0. The van der Waals surface area contributed by atoms with E-state index >= 15 is 0 Å². The molecule has 1 unspecified atom stereocenters. The van der Waals surface area contributed by atoms with E-state index in [1.807, 2.05) is 6.07 Å². The zero-order valence-electron chi connectivity index (χ0n) is 15.6. The Labute approximate surface area is 162 Å². The molecular formula is C20H24N4O4. The lowest BCUT2D eigenvalue weighted by Gasteiger charge is -2.28. The van der Waals surface area contributed by atoms with Gasteiger partial charge in [0.1, 0.15) is 6.04 Å². The highest BCUT2D eigenvalue weighted by Crippen LogP contribution is 2.30. The van der Waals surface area contributed by atoms with E-state index in [0.717, 1.165) is 36.1 Å². The van der Waals surface area contributed by atoms with E-state index in [2.05, 4.69) is 10.6 Å². The third kappa shape index (κ3) is 3.33. The van der Waals surface area contributed by atoms with Crippen molar-refractivity contribution in [2.75, 3.05) is 0 Å². The number of hydrogen-bond acceptors (Lipinski definition) is 6. The smallest absolute Gasteiger partial charge is 0.262 e. The van der Waals surface area contributed by atoms with Crippen LogP contribution < -0.4 is 16.4 Å². The minimum absolute atomic E-state index is 0.111. The highest BCUT2D eigenvalue weighted by molar-refractivity contribution is 6.24. The molecule has 28 heavy (non-hydrogen) atoms. The number of piperidine rings is 1. The summed E-state index contributed by atoms with van der Waals surface area (Å²) in [6.07, 6.45) is 4.31. The third-order valence-corrected chi connectivity index (χ3v) is 5.85. The van der Waals surface area contributed by atoms with Crippen LogP contribution in [-0.2, 0) is 16.1 Å². The Bertz CT molecular complexity index is 853. The second-order valence-corrected chi connectivity index (χ2v) is 7.79. The van der Waals surface area contributed by atoms with Crippen LogP contribution in [0.4, 0.5) is 0 Å². The Kier molecular flexibility index (Phi) is 4.99. The van der Waals surface area contributed by atoms with Crippen LogP contribution in [0.1, 0.15) is 64.8 Å². The van der Waals surface area contributed by atoms with Gasteiger partial charge in [-0.2, -0.15) is 0 Å². The van der Waals surface area contributed by atoms with Crippen LogP contribution in [0, 0.1) is 0 Å². The first kappa shape index (κ1) is 18.8. The number of benzene rings is 1. The van der Waals surface area contributed by atoms with E-state index < -0.39 is 23.8 Å². The summed E-state index contributed by atoms with van der Waals surface area (Å²) < 4.78 is 0. The Morgan fingerprint density at radius 3 is 2.68 bits per heavy atom. The molecular weight excluding hydrogens is 360 g/mol. The van der Waals surface area contributed by atoms with Gasteiger partial charge in [-0.15, -0.1) is 0 Å². The van der Waals surface area contributed by atoms with Crippen molar-refractivity contribution in [1.82, 2.24) is 15.5 Å². The number of carbonyl (C=O) groups excluding carboxylic acids is 4. The van der Waals surface area contributed by atoms with Gasteiger partial charge >= 0.3 is 0 Å². The fourth-order valence-corrected chi connectivity index (χ4v) is 4.40.